The molecule has 1 saturated carbocycles. The predicted molar refractivity (Wildman–Crippen MR) is 79.5 cm³/mol. The molecule has 0 saturated heterocycles. The lowest BCUT2D eigenvalue weighted by Gasteiger charge is -2.13. The topological polar surface area (TPSA) is 46.9 Å². The molecule has 2 aromatic rings. The molecule has 3 rings (SSSR count). The summed E-state index contributed by atoms with van der Waals surface area (Å²) in [5.74, 6) is 0.755. The van der Waals surface area contributed by atoms with Crippen molar-refractivity contribution in [1.82, 2.24) is 14.9 Å². The molecule has 4 heteroatoms. The highest BCUT2D eigenvalue weighted by Gasteiger charge is 2.28. The van der Waals surface area contributed by atoms with Crippen molar-refractivity contribution in [3.63, 3.8) is 0 Å². The largest absolute Gasteiger partial charge is 0.352 e. The summed E-state index contributed by atoms with van der Waals surface area (Å²) in [5.41, 5.74) is 4.44. The molecule has 1 fully saturated rings. The van der Waals surface area contributed by atoms with Crippen molar-refractivity contribution in [3.05, 3.63) is 29.6 Å². The predicted octanol–water partition coefficient (Wildman–Crippen LogP) is 2.57. The van der Waals surface area contributed by atoms with Crippen LogP contribution in [-0.4, -0.2) is 21.5 Å². The van der Waals surface area contributed by atoms with Crippen molar-refractivity contribution in [2.24, 2.45) is 5.92 Å². The molecular formula is C16H21N3O. The zero-order valence-electron chi connectivity index (χ0n) is 12.3. The third-order valence-corrected chi connectivity index (χ3v) is 4.27. The standard InChI is InChI=1S/C16H21N3O/c1-10-6-14-15(7-11(10)2)19(9-17-14)8-16(20)18-12(3)13-4-5-13/h6-7,9,12-13H,4-5,8H2,1-3H3,(H,18,20). The SMILES string of the molecule is Cc1cc2ncn(CC(=O)NC(C)C3CC3)c2cc1C. The van der Waals surface area contributed by atoms with Gasteiger partial charge in [0.25, 0.3) is 0 Å². The number of amides is 1. The quantitative estimate of drug-likeness (QED) is 0.929. The number of benzene rings is 1. The molecular weight excluding hydrogens is 250 g/mol. The molecule has 20 heavy (non-hydrogen) atoms. The number of nitrogens with one attached hydrogen (secondary N) is 1. The van der Waals surface area contributed by atoms with Crippen molar-refractivity contribution in [2.75, 3.05) is 0 Å². The summed E-state index contributed by atoms with van der Waals surface area (Å²) in [6, 6.07) is 4.47. The first-order valence-corrected chi connectivity index (χ1v) is 7.26. The Morgan fingerprint density at radius 1 is 1.40 bits per heavy atom. The Labute approximate surface area is 119 Å². The summed E-state index contributed by atoms with van der Waals surface area (Å²) >= 11 is 0. The Kier molecular flexibility index (Phi) is 3.24. The molecule has 4 nitrogen and oxygen atoms in total. The lowest BCUT2D eigenvalue weighted by Crippen LogP contribution is -2.36. The smallest absolute Gasteiger partial charge is 0.240 e. The van der Waals surface area contributed by atoms with Gasteiger partial charge in [-0.1, -0.05) is 0 Å². The molecule has 0 bridgehead atoms. The average Bonchev–Trinajstić information content (AvgIpc) is 3.17. The number of aryl methyl sites for hydroxylation is 2. The maximum absolute atomic E-state index is 12.1. The molecule has 0 radical (unpaired) electrons. The molecule has 0 spiro atoms. The normalized spacial score (nSPS) is 16.4. The molecule has 1 aliphatic rings. The third kappa shape index (κ3) is 2.55. The number of aromatic nitrogens is 2. The first kappa shape index (κ1) is 13.2. The van der Waals surface area contributed by atoms with Crippen molar-refractivity contribution >= 4 is 16.9 Å². The second kappa shape index (κ2) is 4.93. The van der Waals surface area contributed by atoms with Gasteiger partial charge in [-0.25, -0.2) is 4.98 Å². The van der Waals surface area contributed by atoms with E-state index in [-0.39, 0.29) is 5.91 Å². The molecule has 1 atom stereocenters. The number of hydrogen-bond acceptors (Lipinski definition) is 2. The highest BCUT2D eigenvalue weighted by molar-refractivity contribution is 5.81. The molecule has 1 heterocycles. The number of nitrogens with zero attached hydrogens (tertiary/aromatic N) is 2. The van der Waals surface area contributed by atoms with Gasteiger partial charge < -0.3 is 9.88 Å². The van der Waals surface area contributed by atoms with Crippen LogP contribution < -0.4 is 5.32 Å². The van der Waals surface area contributed by atoms with Crippen molar-refractivity contribution in [2.45, 2.75) is 46.2 Å². The fourth-order valence-corrected chi connectivity index (χ4v) is 2.61. The van der Waals surface area contributed by atoms with Crippen LogP contribution in [0.3, 0.4) is 0 Å². The summed E-state index contributed by atoms with van der Waals surface area (Å²) in [6.07, 6.45) is 4.24. The monoisotopic (exact) mass is 271 g/mol. The Morgan fingerprint density at radius 3 is 2.80 bits per heavy atom. The molecule has 1 N–H and O–H groups in total. The van der Waals surface area contributed by atoms with Gasteiger partial charge in [-0.2, -0.15) is 0 Å². The third-order valence-electron chi connectivity index (χ3n) is 4.27. The second-order valence-corrected chi connectivity index (χ2v) is 5.99. The van der Waals surface area contributed by atoms with E-state index in [0.717, 1.165) is 11.0 Å². The van der Waals surface area contributed by atoms with Crippen LogP contribution >= 0.6 is 0 Å². The summed E-state index contributed by atoms with van der Waals surface area (Å²) < 4.78 is 1.93. The van der Waals surface area contributed by atoms with E-state index in [0.29, 0.717) is 18.5 Å². The van der Waals surface area contributed by atoms with Gasteiger partial charge in [0, 0.05) is 6.04 Å². The maximum atomic E-state index is 12.1. The van der Waals surface area contributed by atoms with Gasteiger partial charge >= 0.3 is 0 Å². The maximum Gasteiger partial charge on any atom is 0.240 e. The lowest BCUT2D eigenvalue weighted by atomic mass is 10.1. The van der Waals surface area contributed by atoms with Crippen molar-refractivity contribution in [3.8, 4) is 0 Å². The van der Waals surface area contributed by atoms with Gasteiger partial charge in [-0.3, -0.25) is 4.79 Å². The highest BCUT2D eigenvalue weighted by Crippen LogP contribution is 2.32. The summed E-state index contributed by atoms with van der Waals surface area (Å²) in [7, 11) is 0. The van der Waals surface area contributed by atoms with Crippen LogP contribution in [0, 0.1) is 19.8 Å². The van der Waals surface area contributed by atoms with E-state index in [1.165, 1.54) is 24.0 Å². The van der Waals surface area contributed by atoms with Gasteiger partial charge in [0.1, 0.15) is 6.54 Å². The number of carbonyl (C=O) groups excluding carboxylic acids is 1. The summed E-state index contributed by atoms with van der Waals surface area (Å²) in [5, 5.41) is 3.08. The van der Waals surface area contributed by atoms with Gasteiger partial charge in [0.05, 0.1) is 17.4 Å². The zero-order chi connectivity index (χ0) is 14.3. The number of fused-ring (bicyclic) bond motifs is 1. The van der Waals surface area contributed by atoms with E-state index in [1.807, 2.05) is 4.57 Å². The van der Waals surface area contributed by atoms with Gasteiger partial charge in [0.15, 0.2) is 0 Å². The van der Waals surface area contributed by atoms with Crippen LogP contribution in [0.1, 0.15) is 30.9 Å². The van der Waals surface area contributed by atoms with E-state index in [4.69, 9.17) is 0 Å². The first-order chi connectivity index (χ1) is 9.54. The fourth-order valence-electron chi connectivity index (χ4n) is 2.61. The molecule has 1 unspecified atom stereocenters. The molecule has 0 aliphatic heterocycles. The Hall–Kier alpha value is -1.84. The lowest BCUT2D eigenvalue weighted by molar-refractivity contribution is -0.122. The molecule has 1 aliphatic carbocycles. The Bertz CT molecular complexity index is 655. The Balaban J connectivity index is 1.76. The minimum atomic E-state index is 0.0712. The van der Waals surface area contributed by atoms with E-state index < -0.39 is 0 Å². The molecule has 1 aromatic heterocycles. The summed E-state index contributed by atoms with van der Waals surface area (Å²) in [6.45, 7) is 6.60. The number of hydrogen-bond donors (Lipinski definition) is 1. The van der Waals surface area contributed by atoms with Crippen molar-refractivity contribution < 1.29 is 4.79 Å². The van der Waals surface area contributed by atoms with Crippen LogP contribution in [0.25, 0.3) is 11.0 Å². The van der Waals surface area contributed by atoms with E-state index in [9.17, 15) is 4.79 Å². The molecule has 106 valence electrons. The van der Waals surface area contributed by atoms with Crippen LogP contribution in [0.15, 0.2) is 18.5 Å². The average molecular weight is 271 g/mol. The molecule has 1 amide bonds. The second-order valence-electron chi connectivity index (χ2n) is 5.99. The van der Waals surface area contributed by atoms with Gasteiger partial charge in [-0.15, -0.1) is 0 Å². The minimum absolute atomic E-state index is 0.0712. The summed E-state index contributed by atoms with van der Waals surface area (Å²) in [4.78, 5) is 16.5. The fraction of sp³-hybridized carbons (Fsp3) is 0.500. The van der Waals surface area contributed by atoms with Crippen LogP contribution in [-0.2, 0) is 11.3 Å². The van der Waals surface area contributed by atoms with E-state index >= 15 is 0 Å². The van der Waals surface area contributed by atoms with Crippen molar-refractivity contribution in [1.29, 1.82) is 0 Å². The molecule has 1 aromatic carbocycles. The minimum Gasteiger partial charge on any atom is -0.352 e. The highest BCUT2D eigenvalue weighted by atomic mass is 16.2. The van der Waals surface area contributed by atoms with Gasteiger partial charge in [0.2, 0.25) is 5.91 Å². The zero-order valence-corrected chi connectivity index (χ0v) is 12.3. The van der Waals surface area contributed by atoms with Crippen LogP contribution in [0.4, 0.5) is 0 Å². The van der Waals surface area contributed by atoms with Crippen LogP contribution in [0.5, 0.6) is 0 Å². The Morgan fingerprint density at radius 2 is 2.10 bits per heavy atom. The van der Waals surface area contributed by atoms with Gasteiger partial charge in [-0.05, 0) is 62.8 Å². The number of carbonyl (C=O) groups is 1. The van der Waals surface area contributed by atoms with E-state index in [2.05, 4.69) is 43.2 Å². The number of imidazole rings is 1. The number of rotatable bonds is 4. The van der Waals surface area contributed by atoms with E-state index in [1.54, 1.807) is 6.33 Å². The first-order valence-electron chi connectivity index (χ1n) is 7.26. The van der Waals surface area contributed by atoms with Crippen LogP contribution in [0.2, 0.25) is 0 Å².